The molecule has 0 aromatic carbocycles. The van der Waals surface area contributed by atoms with Crippen molar-refractivity contribution >= 4 is 21.9 Å². The van der Waals surface area contributed by atoms with E-state index in [0.29, 0.717) is 10.4 Å². The van der Waals surface area contributed by atoms with Gasteiger partial charge in [-0.25, -0.2) is 4.98 Å². The molecule has 0 saturated carbocycles. The first kappa shape index (κ1) is 12.2. The Labute approximate surface area is 97.6 Å². The number of nitrogens with zero attached hydrogens (tertiary/aromatic N) is 2. The highest BCUT2D eigenvalue weighted by Gasteiger charge is 2.00. The van der Waals surface area contributed by atoms with Gasteiger partial charge in [-0.3, -0.25) is 0 Å². The molecule has 1 aromatic rings. The Balaban J connectivity index is 0.000000187. The van der Waals surface area contributed by atoms with Crippen LogP contribution >= 0.6 is 15.9 Å². The lowest BCUT2D eigenvalue weighted by Crippen LogP contribution is -2.03. The van der Waals surface area contributed by atoms with Crippen molar-refractivity contribution in [3.8, 4) is 5.88 Å². The van der Waals surface area contributed by atoms with Gasteiger partial charge in [-0.05, 0) is 41.9 Å². The van der Waals surface area contributed by atoms with Crippen LogP contribution in [-0.4, -0.2) is 30.2 Å². The SMILES string of the molecule is C1CCNC1.COc1nc(N)ncc1Br. The number of anilines is 1. The average Bonchev–Trinajstić information content (AvgIpc) is 2.80. The Morgan fingerprint density at radius 1 is 1.47 bits per heavy atom. The summed E-state index contributed by atoms with van der Waals surface area (Å²) in [7, 11) is 1.52. The average molecular weight is 275 g/mol. The van der Waals surface area contributed by atoms with Gasteiger partial charge in [-0.1, -0.05) is 0 Å². The van der Waals surface area contributed by atoms with Crippen LogP contribution in [-0.2, 0) is 0 Å². The maximum Gasteiger partial charge on any atom is 0.232 e. The quantitative estimate of drug-likeness (QED) is 0.805. The molecule has 2 heterocycles. The number of methoxy groups -OCH3 is 1. The van der Waals surface area contributed by atoms with E-state index in [0.717, 1.165) is 0 Å². The molecule has 15 heavy (non-hydrogen) atoms. The zero-order valence-electron chi connectivity index (χ0n) is 8.66. The van der Waals surface area contributed by atoms with Gasteiger partial charge in [-0.15, -0.1) is 0 Å². The third-order valence-electron chi connectivity index (χ3n) is 1.88. The third-order valence-corrected chi connectivity index (χ3v) is 2.42. The summed E-state index contributed by atoms with van der Waals surface area (Å²) in [4.78, 5) is 7.52. The molecular weight excluding hydrogens is 260 g/mol. The smallest absolute Gasteiger partial charge is 0.232 e. The topological polar surface area (TPSA) is 73.1 Å². The molecule has 0 atom stereocenters. The number of halogens is 1. The standard InChI is InChI=1S/C5H6BrN3O.C4H9N/c1-10-4-3(6)2-8-5(7)9-4;1-2-4-5-3-1/h2H,1H3,(H2,7,8,9);5H,1-4H2. The summed E-state index contributed by atoms with van der Waals surface area (Å²) < 4.78 is 5.55. The number of aromatic nitrogens is 2. The van der Waals surface area contributed by atoms with Crippen molar-refractivity contribution in [2.24, 2.45) is 0 Å². The first-order valence-corrected chi connectivity index (χ1v) is 5.56. The van der Waals surface area contributed by atoms with Gasteiger partial charge in [0.05, 0.1) is 17.8 Å². The molecule has 1 aromatic heterocycles. The fourth-order valence-corrected chi connectivity index (χ4v) is 1.49. The molecule has 0 aliphatic carbocycles. The number of nitrogens with two attached hydrogens (primary N) is 1. The summed E-state index contributed by atoms with van der Waals surface area (Å²) in [6, 6.07) is 0. The number of hydrogen-bond donors (Lipinski definition) is 2. The van der Waals surface area contributed by atoms with Gasteiger partial charge in [0.15, 0.2) is 0 Å². The van der Waals surface area contributed by atoms with E-state index in [9.17, 15) is 0 Å². The van der Waals surface area contributed by atoms with Crippen LogP contribution in [0.25, 0.3) is 0 Å². The van der Waals surface area contributed by atoms with Crippen LogP contribution in [0.15, 0.2) is 10.7 Å². The van der Waals surface area contributed by atoms with Crippen molar-refractivity contribution in [3.63, 3.8) is 0 Å². The molecule has 6 heteroatoms. The van der Waals surface area contributed by atoms with Gasteiger partial charge in [0.1, 0.15) is 0 Å². The van der Waals surface area contributed by atoms with Gasteiger partial charge in [0, 0.05) is 0 Å². The van der Waals surface area contributed by atoms with E-state index in [2.05, 4.69) is 31.2 Å². The highest BCUT2D eigenvalue weighted by atomic mass is 79.9. The molecule has 0 radical (unpaired) electrons. The van der Waals surface area contributed by atoms with E-state index < -0.39 is 0 Å². The van der Waals surface area contributed by atoms with Crippen LogP contribution in [0.4, 0.5) is 5.95 Å². The first-order valence-electron chi connectivity index (χ1n) is 4.76. The third kappa shape index (κ3) is 4.44. The molecule has 84 valence electrons. The van der Waals surface area contributed by atoms with E-state index in [1.807, 2.05) is 0 Å². The van der Waals surface area contributed by atoms with Gasteiger partial charge in [-0.2, -0.15) is 4.98 Å². The van der Waals surface area contributed by atoms with Crippen molar-refractivity contribution in [2.45, 2.75) is 12.8 Å². The molecule has 1 fully saturated rings. The highest BCUT2D eigenvalue weighted by Crippen LogP contribution is 2.20. The lowest BCUT2D eigenvalue weighted by molar-refractivity contribution is 0.394. The van der Waals surface area contributed by atoms with Gasteiger partial charge in [0.2, 0.25) is 11.8 Å². The lowest BCUT2D eigenvalue weighted by atomic mass is 10.4. The van der Waals surface area contributed by atoms with E-state index in [1.54, 1.807) is 6.20 Å². The largest absolute Gasteiger partial charge is 0.480 e. The first-order chi connectivity index (χ1) is 7.24. The van der Waals surface area contributed by atoms with E-state index in [4.69, 9.17) is 10.5 Å². The summed E-state index contributed by atoms with van der Waals surface area (Å²) in [6.45, 7) is 2.50. The molecule has 3 N–H and O–H groups in total. The normalized spacial score (nSPS) is 14.3. The van der Waals surface area contributed by atoms with Crippen LogP contribution in [0, 0.1) is 0 Å². The Hall–Kier alpha value is -0.880. The zero-order chi connectivity index (χ0) is 11.1. The predicted molar refractivity (Wildman–Crippen MR) is 62.8 cm³/mol. The minimum Gasteiger partial charge on any atom is -0.480 e. The van der Waals surface area contributed by atoms with Gasteiger partial charge in [0.25, 0.3) is 0 Å². The van der Waals surface area contributed by atoms with Crippen molar-refractivity contribution in [1.82, 2.24) is 15.3 Å². The molecule has 1 aliphatic rings. The fraction of sp³-hybridized carbons (Fsp3) is 0.556. The number of ether oxygens (including phenoxy) is 1. The molecule has 0 spiro atoms. The fourth-order valence-electron chi connectivity index (χ4n) is 1.13. The van der Waals surface area contributed by atoms with Crippen LogP contribution in [0.3, 0.4) is 0 Å². The Kier molecular flexibility index (Phi) is 5.34. The van der Waals surface area contributed by atoms with E-state index in [1.165, 1.54) is 33.0 Å². The van der Waals surface area contributed by atoms with Crippen LogP contribution in [0.2, 0.25) is 0 Å². The number of nitrogens with one attached hydrogen (secondary N) is 1. The summed E-state index contributed by atoms with van der Waals surface area (Å²) in [5.74, 6) is 0.660. The Morgan fingerprint density at radius 2 is 2.13 bits per heavy atom. The van der Waals surface area contributed by atoms with Crippen LogP contribution < -0.4 is 15.8 Å². The summed E-state index contributed by atoms with van der Waals surface area (Å²) in [5.41, 5.74) is 5.28. The van der Waals surface area contributed by atoms with E-state index >= 15 is 0 Å². The molecule has 1 saturated heterocycles. The number of rotatable bonds is 1. The maximum absolute atomic E-state index is 5.28. The molecule has 5 nitrogen and oxygen atoms in total. The van der Waals surface area contributed by atoms with Gasteiger partial charge < -0.3 is 15.8 Å². The van der Waals surface area contributed by atoms with Crippen molar-refractivity contribution in [1.29, 1.82) is 0 Å². The van der Waals surface area contributed by atoms with Crippen LogP contribution in [0.1, 0.15) is 12.8 Å². The minimum absolute atomic E-state index is 0.208. The predicted octanol–water partition coefficient (Wildman–Crippen LogP) is 1.20. The number of nitrogen functional groups attached to an aromatic ring is 1. The molecule has 2 rings (SSSR count). The van der Waals surface area contributed by atoms with Crippen molar-refractivity contribution in [3.05, 3.63) is 10.7 Å². The summed E-state index contributed by atoms with van der Waals surface area (Å²) in [6.07, 6.45) is 4.32. The highest BCUT2D eigenvalue weighted by molar-refractivity contribution is 9.10. The second-order valence-electron chi connectivity index (χ2n) is 3.04. The van der Waals surface area contributed by atoms with Crippen molar-refractivity contribution < 1.29 is 4.74 Å². The molecule has 0 bridgehead atoms. The monoisotopic (exact) mass is 274 g/mol. The second-order valence-corrected chi connectivity index (χ2v) is 3.90. The lowest BCUT2D eigenvalue weighted by Gasteiger charge is -1.99. The zero-order valence-corrected chi connectivity index (χ0v) is 10.2. The molecule has 1 aliphatic heterocycles. The minimum atomic E-state index is 0.208. The van der Waals surface area contributed by atoms with Crippen LogP contribution in [0.5, 0.6) is 5.88 Å². The summed E-state index contributed by atoms with van der Waals surface area (Å²) in [5, 5.41) is 3.22. The van der Waals surface area contributed by atoms with E-state index in [-0.39, 0.29) is 5.95 Å². The Morgan fingerprint density at radius 3 is 2.53 bits per heavy atom. The number of hydrogen-bond acceptors (Lipinski definition) is 5. The second kappa shape index (κ2) is 6.58. The molecule has 0 amide bonds. The maximum atomic E-state index is 5.28. The molecule has 0 unspecified atom stereocenters. The Bertz CT molecular complexity index is 297. The van der Waals surface area contributed by atoms with Crippen molar-refractivity contribution in [2.75, 3.05) is 25.9 Å². The van der Waals surface area contributed by atoms with Gasteiger partial charge >= 0.3 is 0 Å². The molecular formula is C9H15BrN4O. The summed E-state index contributed by atoms with van der Waals surface area (Å²) >= 11 is 3.19.